The second-order valence-electron chi connectivity index (χ2n) is 15.0. The maximum Gasteiger partial charge on any atom is 0.377 e. The number of likely N-dealkylation sites (tertiary alicyclic amines) is 1. The van der Waals surface area contributed by atoms with Crippen molar-refractivity contribution < 1.29 is 42.2 Å². The molecular weight excluding hydrogens is 633 g/mol. The van der Waals surface area contributed by atoms with E-state index in [2.05, 4.69) is 5.32 Å². The number of anilines is 1. The fourth-order valence-electron chi connectivity index (χ4n) is 7.90. The van der Waals surface area contributed by atoms with Crippen molar-refractivity contribution in [1.29, 1.82) is 0 Å². The Kier molecular flexibility index (Phi) is 12.0. The molecule has 12 heteroatoms. The fourth-order valence-corrected chi connectivity index (χ4v) is 7.90. The van der Waals surface area contributed by atoms with E-state index in [1.165, 1.54) is 6.07 Å². The van der Waals surface area contributed by atoms with Crippen LogP contribution in [0.15, 0.2) is 28.7 Å². The van der Waals surface area contributed by atoms with Crippen LogP contribution >= 0.6 is 0 Å². The van der Waals surface area contributed by atoms with Gasteiger partial charge in [0.2, 0.25) is 24.4 Å². The van der Waals surface area contributed by atoms with Crippen molar-refractivity contribution >= 4 is 40.4 Å². The number of halogens is 1. The number of nitrogens with zero attached hydrogens (tertiary/aromatic N) is 1. The smallest absolute Gasteiger partial charge is 0.377 e. The highest BCUT2D eigenvalue weighted by Gasteiger charge is 2.47. The molecule has 1 aliphatic heterocycles. The van der Waals surface area contributed by atoms with E-state index in [1.54, 1.807) is 46.1 Å². The molecule has 11 nitrogen and oxygen atoms in total. The summed E-state index contributed by atoms with van der Waals surface area (Å²) < 4.78 is 34.2. The third-order valence-corrected chi connectivity index (χ3v) is 10.8. The number of carbonyl (C=O) groups is 4. The molecule has 2 heterocycles. The molecule has 0 radical (unpaired) electrons. The van der Waals surface area contributed by atoms with Crippen molar-refractivity contribution in [2.24, 2.45) is 34.8 Å². The molecule has 49 heavy (non-hydrogen) atoms. The molecule has 270 valence electrons. The summed E-state index contributed by atoms with van der Waals surface area (Å²) in [7, 11) is 1.74. The number of nitrogens with one attached hydrogen (secondary N) is 1. The lowest BCUT2D eigenvalue weighted by Crippen LogP contribution is -2.50. The summed E-state index contributed by atoms with van der Waals surface area (Å²) in [5.74, 6) is -1.18. The van der Waals surface area contributed by atoms with Gasteiger partial charge in [0.25, 0.3) is 0 Å². The Hall–Kier alpha value is -3.51. The molecule has 2 aromatic rings. The molecule has 1 aromatic heterocycles. The van der Waals surface area contributed by atoms with Gasteiger partial charge in [-0.25, -0.2) is 4.79 Å². The van der Waals surface area contributed by atoms with Crippen molar-refractivity contribution in [3.8, 4) is 0 Å². The normalized spacial score (nSPS) is 26.7. The number of carbonyl (C=O) groups excluding carboxylic acids is 4. The zero-order valence-corrected chi connectivity index (χ0v) is 29.2. The highest BCUT2D eigenvalue weighted by Crippen LogP contribution is 2.42. The minimum Gasteiger partial charge on any atom is -0.449 e. The van der Waals surface area contributed by atoms with Crippen LogP contribution in [0.3, 0.4) is 0 Å². The van der Waals surface area contributed by atoms with Gasteiger partial charge in [0.1, 0.15) is 11.6 Å². The number of furan rings is 1. The van der Waals surface area contributed by atoms with Crippen LogP contribution in [0, 0.1) is 29.1 Å². The van der Waals surface area contributed by atoms with Gasteiger partial charge in [-0.15, -0.1) is 0 Å². The third-order valence-electron chi connectivity index (χ3n) is 10.8. The largest absolute Gasteiger partial charge is 0.449 e. The molecule has 0 spiro atoms. The number of esters is 2. The van der Waals surface area contributed by atoms with E-state index < -0.39 is 36.9 Å². The molecule has 2 amide bonds. The second kappa shape index (κ2) is 16.0. The zero-order valence-electron chi connectivity index (χ0n) is 29.2. The monoisotopic (exact) mass is 685 g/mol. The number of fused-ring (bicyclic) bond motifs is 1. The third kappa shape index (κ3) is 8.81. The highest BCUT2D eigenvalue weighted by molar-refractivity contribution is 6.00. The predicted octanol–water partition coefficient (Wildman–Crippen LogP) is 5.99. The first-order chi connectivity index (χ1) is 23.4. The summed E-state index contributed by atoms with van der Waals surface area (Å²) in [6.07, 6.45) is 8.05. The topological polar surface area (TPSA) is 150 Å². The van der Waals surface area contributed by atoms with Crippen molar-refractivity contribution in [2.45, 2.75) is 103 Å². The summed E-state index contributed by atoms with van der Waals surface area (Å²) in [5, 5.41) is 3.64. The molecule has 3 aliphatic rings. The van der Waals surface area contributed by atoms with Gasteiger partial charge in [-0.3, -0.25) is 18.8 Å². The lowest BCUT2D eigenvalue weighted by atomic mass is 9.75. The first kappa shape index (κ1) is 36.8. The predicted molar refractivity (Wildman–Crippen MR) is 181 cm³/mol. The molecule has 5 rings (SSSR count). The molecule has 3 N–H and O–H groups in total. The fraction of sp³-hybridized carbons (Fsp3) is 0.676. The van der Waals surface area contributed by atoms with Gasteiger partial charge in [-0.05, 0) is 127 Å². The number of methoxy groups -OCH3 is 1. The van der Waals surface area contributed by atoms with Gasteiger partial charge < -0.3 is 34.6 Å². The lowest BCUT2D eigenvalue weighted by molar-refractivity contribution is -0.161. The van der Waals surface area contributed by atoms with E-state index in [4.69, 9.17) is 24.4 Å². The number of alkyl halides is 1. The van der Waals surface area contributed by atoms with Crippen molar-refractivity contribution in [3.63, 3.8) is 0 Å². The van der Waals surface area contributed by atoms with E-state index in [-0.39, 0.29) is 47.5 Å². The quantitative estimate of drug-likeness (QED) is 0.215. The summed E-state index contributed by atoms with van der Waals surface area (Å²) in [5.41, 5.74) is 6.41. The molecule has 1 aromatic carbocycles. The van der Waals surface area contributed by atoms with Crippen LogP contribution in [0.2, 0.25) is 0 Å². The van der Waals surface area contributed by atoms with Crippen molar-refractivity contribution in [2.75, 3.05) is 32.4 Å². The second-order valence-corrected chi connectivity index (χ2v) is 15.0. The molecule has 3 atom stereocenters. The molecule has 3 fully saturated rings. The Bertz CT molecular complexity index is 1470. The van der Waals surface area contributed by atoms with Gasteiger partial charge in [0.15, 0.2) is 0 Å². The molecule has 2 saturated carbocycles. The minimum absolute atomic E-state index is 0.0207. The van der Waals surface area contributed by atoms with Crippen LogP contribution in [-0.2, 0) is 28.6 Å². The number of nitrogens with two attached hydrogens (primary N) is 1. The number of benzene rings is 1. The van der Waals surface area contributed by atoms with Gasteiger partial charge >= 0.3 is 11.9 Å². The summed E-state index contributed by atoms with van der Waals surface area (Å²) in [6.45, 7) is 4.65. The first-order valence-electron chi connectivity index (χ1n) is 17.7. The molecular formula is C37H52FN3O8. The Balaban J connectivity index is 1.28. The van der Waals surface area contributed by atoms with Gasteiger partial charge in [-0.1, -0.05) is 0 Å². The minimum atomic E-state index is -0.784. The van der Waals surface area contributed by atoms with E-state index in [1.807, 2.05) is 4.90 Å². The van der Waals surface area contributed by atoms with Gasteiger partial charge in [0.05, 0.1) is 18.2 Å². The number of ether oxygens (including phenoxy) is 3. The number of hydrogen-bond donors (Lipinski definition) is 2. The lowest BCUT2D eigenvalue weighted by Gasteiger charge is -2.37. The average Bonchev–Trinajstić information content (AvgIpc) is 3.73. The van der Waals surface area contributed by atoms with Crippen molar-refractivity contribution in [1.82, 2.24) is 4.90 Å². The summed E-state index contributed by atoms with van der Waals surface area (Å²) in [6, 6.07) is 5.79. The maximum atomic E-state index is 14.2. The highest BCUT2D eigenvalue weighted by atomic mass is 19.1. The molecule has 0 bridgehead atoms. The van der Waals surface area contributed by atoms with Crippen LogP contribution < -0.4 is 11.1 Å². The van der Waals surface area contributed by atoms with E-state index in [9.17, 15) is 23.6 Å². The zero-order chi connectivity index (χ0) is 35.3. The Labute approximate surface area is 287 Å². The number of amides is 2. The first-order valence-corrected chi connectivity index (χ1v) is 17.7. The average molecular weight is 686 g/mol. The van der Waals surface area contributed by atoms with Gasteiger partial charge in [0, 0.05) is 36.7 Å². The van der Waals surface area contributed by atoms with Gasteiger partial charge in [-0.2, -0.15) is 0 Å². The molecule has 1 saturated heterocycles. The SMILES string of the molecule is COC1CCC([C@@H]2CCN(C(=O)C3CCC([C@H](N)CCF)CC3)[C@@H]2C(=O)Nc2ccc3oc(C(=O)OCOC(=O)C(C)(C)C)cc3c2)CC1. The van der Waals surface area contributed by atoms with E-state index in [0.717, 1.165) is 44.9 Å². The summed E-state index contributed by atoms with van der Waals surface area (Å²) >= 11 is 0. The van der Waals surface area contributed by atoms with Crippen molar-refractivity contribution in [3.05, 3.63) is 30.0 Å². The Morgan fingerprint density at radius 2 is 1.71 bits per heavy atom. The number of rotatable bonds is 11. The van der Waals surface area contributed by atoms with E-state index in [0.29, 0.717) is 48.4 Å². The Morgan fingerprint density at radius 3 is 2.37 bits per heavy atom. The van der Waals surface area contributed by atoms with Crippen LogP contribution in [0.25, 0.3) is 11.0 Å². The van der Waals surface area contributed by atoms with Crippen LogP contribution in [0.1, 0.15) is 95.5 Å². The standard InChI is InChI=1S/C37H52FN3O8/c1-37(2,3)36(45)48-21-47-35(44)31-20-25-19-26(11-14-30(25)49-31)40-33(42)32-28(22-9-12-27(46-4)13-10-22)16-18-41(32)34(43)24-7-5-23(6-8-24)29(39)15-17-38/h11,14,19-20,22-24,27-29,32H,5-10,12-13,15-18,21,39H2,1-4H3,(H,40,42)/t22?,23?,24?,27?,28-,29+,32-/m0/s1. The summed E-state index contributed by atoms with van der Waals surface area (Å²) in [4.78, 5) is 54.6. The molecule has 2 aliphatic carbocycles. The Morgan fingerprint density at radius 1 is 1.00 bits per heavy atom. The number of hydrogen-bond acceptors (Lipinski definition) is 9. The van der Waals surface area contributed by atoms with Crippen LogP contribution in [-0.4, -0.2) is 74.0 Å². The van der Waals surface area contributed by atoms with Crippen LogP contribution in [0.4, 0.5) is 10.1 Å². The van der Waals surface area contributed by atoms with Crippen LogP contribution in [0.5, 0.6) is 0 Å². The van der Waals surface area contributed by atoms with E-state index >= 15 is 0 Å². The molecule has 0 unspecified atom stereocenters. The maximum absolute atomic E-state index is 14.2.